The maximum Gasteiger partial charge on any atom is 0.246 e. The molecule has 0 spiro atoms. The van der Waals surface area contributed by atoms with Crippen molar-refractivity contribution in [3.05, 3.63) is 11.5 Å². The minimum atomic E-state index is -3.84. The molecule has 0 aliphatic carbocycles. The average Bonchev–Trinajstić information content (AvgIpc) is 2.66. The number of hydrogen-bond donors (Lipinski definition) is 1. The topological polar surface area (TPSA) is 106 Å². The van der Waals surface area contributed by atoms with Gasteiger partial charge in [0.25, 0.3) is 0 Å². The molecule has 1 aliphatic rings. The second-order valence-corrected chi connectivity index (χ2v) is 8.96. The highest BCUT2D eigenvalue weighted by Crippen LogP contribution is 2.27. The minimum absolute atomic E-state index is 0.00633. The van der Waals surface area contributed by atoms with Gasteiger partial charge in [-0.3, -0.25) is 0 Å². The molecule has 108 valence electrons. The van der Waals surface area contributed by atoms with Gasteiger partial charge in [0.15, 0.2) is 15.6 Å². The van der Waals surface area contributed by atoms with Gasteiger partial charge in [-0.15, -0.1) is 0 Å². The molecule has 1 fully saturated rings. The van der Waals surface area contributed by atoms with Crippen molar-refractivity contribution >= 4 is 19.9 Å². The third-order valence-corrected chi connectivity index (χ3v) is 6.91. The number of nitrogens with zero attached hydrogens (tertiary/aromatic N) is 1. The summed E-state index contributed by atoms with van der Waals surface area (Å²) in [5.41, 5.74) is -0.720. The van der Waals surface area contributed by atoms with Gasteiger partial charge < -0.3 is 4.52 Å². The number of aryl methyl sites for hydroxylation is 2. The lowest BCUT2D eigenvalue weighted by Crippen LogP contribution is -2.46. The largest absolute Gasteiger partial charge is 0.360 e. The second kappa shape index (κ2) is 4.29. The van der Waals surface area contributed by atoms with Gasteiger partial charge in [-0.1, -0.05) is 5.16 Å². The van der Waals surface area contributed by atoms with Crippen LogP contribution in [0.5, 0.6) is 0 Å². The van der Waals surface area contributed by atoms with E-state index >= 15 is 0 Å². The Morgan fingerprint density at radius 3 is 2.42 bits per heavy atom. The first-order valence-electron chi connectivity index (χ1n) is 5.72. The zero-order chi connectivity index (χ0) is 14.5. The van der Waals surface area contributed by atoms with E-state index in [2.05, 4.69) is 9.88 Å². The summed E-state index contributed by atoms with van der Waals surface area (Å²) in [4.78, 5) is -0.0157. The van der Waals surface area contributed by atoms with Crippen molar-refractivity contribution in [1.82, 2.24) is 9.88 Å². The molecule has 1 aromatic heterocycles. The maximum absolute atomic E-state index is 12.3. The summed E-state index contributed by atoms with van der Waals surface area (Å²) in [7, 11) is -7.02. The van der Waals surface area contributed by atoms with Crippen LogP contribution >= 0.6 is 0 Å². The van der Waals surface area contributed by atoms with E-state index in [0.717, 1.165) is 0 Å². The lowest BCUT2D eigenvalue weighted by Gasteiger charge is -2.23. The predicted molar refractivity (Wildman–Crippen MR) is 68.0 cm³/mol. The highest BCUT2D eigenvalue weighted by atomic mass is 32.2. The summed E-state index contributed by atoms with van der Waals surface area (Å²) in [5, 5.41) is 3.60. The molecule has 0 radical (unpaired) electrons. The summed E-state index contributed by atoms with van der Waals surface area (Å²) in [6.45, 7) is 4.62. The van der Waals surface area contributed by atoms with Crippen LogP contribution in [-0.4, -0.2) is 39.0 Å². The van der Waals surface area contributed by atoms with Crippen LogP contribution in [0.25, 0.3) is 0 Å². The first-order valence-corrected chi connectivity index (χ1v) is 9.02. The summed E-state index contributed by atoms with van der Waals surface area (Å²) >= 11 is 0. The fourth-order valence-electron chi connectivity index (χ4n) is 2.32. The van der Waals surface area contributed by atoms with E-state index in [1.165, 1.54) is 13.8 Å². The monoisotopic (exact) mass is 308 g/mol. The Morgan fingerprint density at radius 1 is 1.37 bits per heavy atom. The molecule has 0 saturated carbocycles. The van der Waals surface area contributed by atoms with Gasteiger partial charge in [0.05, 0.1) is 11.5 Å². The van der Waals surface area contributed by atoms with Gasteiger partial charge in [0.1, 0.15) is 10.6 Å². The Kier molecular flexibility index (Phi) is 3.27. The smallest absolute Gasteiger partial charge is 0.246 e. The first-order chi connectivity index (χ1) is 8.55. The molecule has 1 N–H and O–H groups in total. The summed E-state index contributed by atoms with van der Waals surface area (Å²) in [6.07, 6.45) is 0.262. The molecule has 1 aliphatic heterocycles. The average molecular weight is 308 g/mol. The van der Waals surface area contributed by atoms with Crippen molar-refractivity contribution in [3.8, 4) is 0 Å². The standard InChI is InChI=1S/C10H16N2O5S2/c1-7-9(8(2)17-11-7)19(15,16)12-10(3)4-5-18(13,14)6-10/h12H,4-6H2,1-3H3. The second-order valence-electron chi connectivity index (χ2n) is 5.16. The van der Waals surface area contributed by atoms with E-state index in [1.807, 2.05) is 0 Å². The molecule has 9 heteroatoms. The van der Waals surface area contributed by atoms with Crippen LogP contribution in [-0.2, 0) is 19.9 Å². The van der Waals surface area contributed by atoms with Crippen LogP contribution in [0.1, 0.15) is 24.8 Å². The Hall–Kier alpha value is -0.930. The maximum atomic E-state index is 12.3. The number of sulfone groups is 1. The van der Waals surface area contributed by atoms with Gasteiger partial charge >= 0.3 is 0 Å². The van der Waals surface area contributed by atoms with Crippen LogP contribution in [0.2, 0.25) is 0 Å². The van der Waals surface area contributed by atoms with Gasteiger partial charge in [0.2, 0.25) is 10.0 Å². The molecule has 2 rings (SSSR count). The van der Waals surface area contributed by atoms with E-state index in [-0.39, 0.29) is 34.3 Å². The molecule has 2 heterocycles. The minimum Gasteiger partial charge on any atom is -0.360 e. The van der Waals surface area contributed by atoms with Crippen molar-refractivity contribution in [3.63, 3.8) is 0 Å². The fourth-order valence-corrected chi connectivity index (χ4v) is 6.28. The quantitative estimate of drug-likeness (QED) is 0.851. The summed E-state index contributed by atoms with van der Waals surface area (Å²) < 4.78 is 54.9. The van der Waals surface area contributed by atoms with Crippen molar-refractivity contribution in [2.75, 3.05) is 11.5 Å². The van der Waals surface area contributed by atoms with Crippen molar-refractivity contribution in [1.29, 1.82) is 0 Å². The van der Waals surface area contributed by atoms with Crippen LogP contribution < -0.4 is 4.72 Å². The van der Waals surface area contributed by atoms with Crippen molar-refractivity contribution < 1.29 is 21.4 Å². The summed E-state index contributed by atoms with van der Waals surface area (Å²) in [6, 6.07) is 0. The summed E-state index contributed by atoms with van der Waals surface area (Å²) in [5.74, 6) is -0.00888. The molecule has 1 unspecified atom stereocenters. The molecule has 0 amide bonds. The fraction of sp³-hybridized carbons (Fsp3) is 0.700. The molecule has 19 heavy (non-hydrogen) atoms. The number of nitrogens with one attached hydrogen (secondary N) is 1. The van der Waals surface area contributed by atoms with E-state index in [9.17, 15) is 16.8 Å². The van der Waals surface area contributed by atoms with Crippen molar-refractivity contribution in [2.45, 2.75) is 37.6 Å². The highest BCUT2D eigenvalue weighted by molar-refractivity contribution is 7.92. The SMILES string of the molecule is Cc1noc(C)c1S(=O)(=O)NC1(C)CCS(=O)(=O)C1. The highest BCUT2D eigenvalue weighted by Gasteiger charge is 2.42. The number of sulfonamides is 1. The molecule has 0 aromatic carbocycles. The van der Waals surface area contributed by atoms with E-state index in [4.69, 9.17) is 4.52 Å². The van der Waals surface area contributed by atoms with E-state index < -0.39 is 25.4 Å². The molecular formula is C10H16N2O5S2. The van der Waals surface area contributed by atoms with Crippen molar-refractivity contribution in [2.24, 2.45) is 0 Å². The molecule has 0 bridgehead atoms. The van der Waals surface area contributed by atoms with E-state index in [1.54, 1.807) is 6.92 Å². The lowest BCUT2D eigenvalue weighted by atomic mass is 10.0. The Labute approximate surface area is 112 Å². The Morgan fingerprint density at radius 2 is 2.00 bits per heavy atom. The first kappa shape index (κ1) is 14.5. The zero-order valence-electron chi connectivity index (χ0n) is 10.9. The van der Waals surface area contributed by atoms with Gasteiger partial charge in [-0.25, -0.2) is 21.6 Å². The van der Waals surface area contributed by atoms with Crippen LogP contribution in [0.4, 0.5) is 0 Å². The molecule has 1 aromatic rings. The Balaban J connectivity index is 2.34. The van der Waals surface area contributed by atoms with Gasteiger partial charge in [-0.05, 0) is 27.2 Å². The van der Waals surface area contributed by atoms with E-state index in [0.29, 0.717) is 0 Å². The Bertz CT molecular complexity index is 685. The normalized spacial score (nSPS) is 26.7. The number of aromatic nitrogens is 1. The molecule has 1 atom stereocenters. The molecule has 1 saturated heterocycles. The predicted octanol–water partition coefficient (Wildman–Crippen LogP) is 0.147. The third-order valence-electron chi connectivity index (χ3n) is 3.12. The van der Waals surface area contributed by atoms with Crippen LogP contribution in [0.3, 0.4) is 0 Å². The van der Waals surface area contributed by atoms with Gasteiger partial charge in [-0.2, -0.15) is 0 Å². The number of rotatable bonds is 3. The van der Waals surface area contributed by atoms with Crippen LogP contribution in [0, 0.1) is 13.8 Å². The van der Waals surface area contributed by atoms with Gasteiger partial charge in [0, 0.05) is 5.54 Å². The van der Waals surface area contributed by atoms with Crippen LogP contribution in [0.15, 0.2) is 9.42 Å². The molecular weight excluding hydrogens is 292 g/mol. The third kappa shape index (κ3) is 2.82. The number of hydrogen-bond acceptors (Lipinski definition) is 6. The molecule has 7 nitrogen and oxygen atoms in total. The lowest BCUT2D eigenvalue weighted by molar-refractivity contribution is 0.390. The zero-order valence-corrected chi connectivity index (χ0v) is 12.6.